The summed E-state index contributed by atoms with van der Waals surface area (Å²) in [4.78, 5) is 13.9. The Kier molecular flexibility index (Phi) is 7.44. The third-order valence-corrected chi connectivity index (χ3v) is 2.46. The van der Waals surface area contributed by atoms with Gasteiger partial charge in [0, 0.05) is 25.2 Å². The molecule has 1 rings (SSSR count). The summed E-state index contributed by atoms with van der Waals surface area (Å²) < 4.78 is 0. The van der Waals surface area contributed by atoms with E-state index in [1.165, 1.54) is 0 Å². The van der Waals surface area contributed by atoms with E-state index in [0.717, 1.165) is 44.6 Å². The number of likely N-dealkylation sites (N-methyl/N-ethyl adjacent to an activating group) is 1. The molecule has 0 fully saturated rings. The highest BCUT2D eigenvalue weighted by molar-refractivity contribution is 5.94. The van der Waals surface area contributed by atoms with Gasteiger partial charge in [0.25, 0.3) is 5.91 Å². The largest absolute Gasteiger partial charge is 0.339 e. The fourth-order valence-corrected chi connectivity index (χ4v) is 1.68. The molecule has 0 unspecified atom stereocenters. The van der Waals surface area contributed by atoms with Crippen molar-refractivity contribution in [2.45, 2.75) is 26.7 Å². The van der Waals surface area contributed by atoms with Crippen LogP contribution in [0.4, 0.5) is 0 Å². The van der Waals surface area contributed by atoms with Gasteiger partial charge in [0.1, 0.15) is 0 Å². The molecule has 0 aromatic heterocycles. The molecule has 0 atom stereocenters. The molecule has 0 aliphatic carbocycles. The van der Waals surface area contributed by atoms with Crippen LogP contribution in [0.3, 0.4) is 0 Å². The molecule has 0 bridgehead atoms. The van der Waals surface area contributed by atoms with Crippen molar-refractivity contribution < 1.29 is 4.79 Å². The molecule has 0 saturated carbocycles. The van der Waals surface area contributed by atoms with Gasteiger partial charge in [0.2, 0.25) is 0 Å². The smallest absolute Gasteiger partial charge is 0.250 e. The molecule has 1 aliphatic heterocycles. The van der Waals surface area contributed by atoms with E-state index in [0.29, 0.717) is 0 Å². The maximum atomic E-state index is 11.9. The second kappa shape index (κ2) is 7.71. The SMILES string of the molecule is CCCN(CC)C(=O)C1=CCCNC1.Cl. The molecule has 1 amide bonds. The first-order valence-corrected chi connectivity index (χ1v) is 5.48. The first-order valence-electron chi connectivity index (χ1n) is 5.48. The summed E-state index contributed by atoms with van der Waals surface area (Å²) in [6, 6.07) is 0. The van der Waals surface area contributed by atoms with Crippen LogP contribution in [-0.2, 0) is 4.79 Å². The molecule has 1 aliphatic rings. The zero-order valence-corrected chi connectivity index (χ0v) is 10.4. The predicted octanol–water partition coefficient (Wildman–Crippen LogP) is 1.59. The highest BCUT2D eigenvalue weighted by atomic mass is 35.5. The number of hydrogen-bond donors (Lipinski definition) is 1. The number of halogens is 1. The number of amides is 1. The Morgan fingerprint density at radius 3 is 2.73 bits per heavy atom. The monoisotopic (exact) mass is 232 g/mol. The third-order valence-electron chi connectivity index (χ3n) is 2.46. The zero-order chi connectivity index (χ0) is 10.4. The molecule has 1 heterocycles. The minimum atomic E-state index is 0. The second-order valence-corrected chi connectivity index (χ2v) is 3.58. The number of nitrogens with one attached hydrogen (secondary N) is 1. The third kappa shape index (κ3) is 4.22. The van der Waals surface area contributed by atoms with Crippen molar-refractivity contribution in [1.29, 1.82) is 0 Å². The standard InChI is InChI=1S/C11H20N2O.ClH/c1-3-8-13(4-2)11(14)10-6-5-7-12-9-10;/h6,12H,3-5,7-9H2,1-2H3;1H. The topological polar surface area (TPSA) is 32.3 Å². The molecule has 4 heteroatoms. The Morgan fingerprint density at radius 2 is 2.27 bits per heavy atom. The van der Waals surface area contributed by atoms with Gasteiger partial charge in [0.05, 0.1) is 0 Å². The molecular weight excluding hydrogens is 212 g/mol. The highest BCUT2D eigenvalue weighted by Crippen LogP contribution is 2.06. The van der Waals surface area contributed by atoms with Crippen LogP contribution in [0, 0.1) is 0 Å². The summed E-state index contributed by atoms with van der Waals surface area (Å²) in [5, 5.41) is 3.22. The number of rotatable bonds is 4. The lowest BCUT2D eigenvalue weighted by atomic mass is 10.1. The summed E-state index contributed by atoms with van der Waals surface area (Å²) in [6.07, 6.45) is 4.07. The minimum absolute atomic E-state index is 0. The fraction of sp³-hybridized carbons (Fsp3) is 0.727. The predicted molar refractivity (Wildman–Crippen MR) is 65.4 cm³/mol. The van der Waals surface area contributed by atoms with Gasteiger partial charge in [-0.3, -0.25) is 4.79 Å². The Hall–Kier alpha value is -0.540. The Morgan fingerprint density at radius 1 is 1.53 bits per heavy atom. The van der Waals surface area contributed by atoms with E-state index in [-0.39, 0.29) is 18.3 Å². The Bertz CT molecular complexity index is 229. The summed E-state index contributed by atoms with van der Waals surface area (Å²) in [5.41, 5.74) is 0.937. The van der Waals surface area contributed by atoms with Crippen LogP contribution >= 0.6 is 12.4 Å². The van der Waals surface area contributed by atoms with Crippen molar-refractivity contribution in [2.24, 2.45) is 0 Å². The van der Waals surface area contributed by atoms with E-state index in [2.05, 4.69) is 18.3 Å². The first kappa shape index (κ1) is 14.5. The maximum absolute atomic E-state index is 11.9. The molecule has 0 aromatic rings. The summed E-state index contributed by atoms with van der Waals surface area (Å²) >= 11 is 0. The molecule has 0 spiro atoms. The van der Waals surface area contributed by atoms with Crippen LogP contribution in [0.15, 0.2) is 11.6 Å². The van der Waals surface area contributed by atoms with Crippen LogP contribution in [0.25, 0.3) is 0 Å². The van der Waals surface area contributed by atoms with Crippen LogP contribution in [-0.4, -0.2) is 37.0 Å². The van der Waals surface area contributed by atoms with Crippen molar-refractivity contribution in [2.75, 3.05) is 26.2 Å². The second-order valence-electron chi connectivity index (χ2n) is 3.58. The van der Waals surface area contributed by atoms with Gasteiger partial charge in [-0.2, -0.15) is 0 Å². The normalized spacial score (nSPS) is 15.2. The first-order chi connectivity index (χ1) is 6.79. The molecule has 3 nitrogen and oxygen atoms in total. The molecule has 1 N–H and O–H groups in total. The average molecular weight is 233 g/mol. The quantitative estimate of drug-likeness (QED) is 0.799. The number of carbonyl (C=O) groups excluding carboxylic acids is 1. The van der Waals surface area contributed by atoms with E-state index < -0.39 is 0 Å². The molecule has 88 valence electrons. The summed E-state index contributed by atoms with van der Waals surface area (Å²) in [6.45, 7) is 7.54. The van der Waals surface area contributed by atoms with E-state index in [1.807, 2.05) is 11.8 Å². The van der Waals surface area contributed by atoms with Gasteiger partial charge in [-0.1, -0.05) is 13.0 Å². The van der Waals surface area contributed by atoms with Gasteiger partial charge < -0.3 is 10.2 Å². The van der Waals surface area contributed by atoms with Crippen molar-refractivity contribution in [1.82, 2.24) is 10.2 Å². The van der Waals surface area contributed by atoms with Gasteiger partial charge in [0.15, 0.2) is 0 Å². The van der Waals surface area contributed by atoms with E-state index in [1.54, 1.807) is 0 Å². The fourth-order valence-electron chi connectivity index (χ4n) is 1.68. The zero-order valence-electron chi connectivity index (χ0n) is 9.58. The van der Waals surface area contributed by atoms with Crippen molar-refractivity contribution in [3.63, 3.8) is 0 Å². The number of hydrogen-bond acceptors (Lipinski definition) is 2. The summed E-state index contributed by atoms with van der Waals surface area (Å²) in [5.74, 6) is 0.210. The Balaban J connectivity index is 0.00000196. The lowest BCUT2D eigenvalue weighted by molar-refractivity contribution is -0.127. The van der Waals surface area contributed by atoms with Crippen LogP contribution in [0.1, 0.15) is 26.7 Å². The maximum Gasteiger partial charge on any atom is 0.250 e. The number of carbonyl (C=O) groups is 1. The van der Waals surface area contributed by atoms with Gasteiger partial charge in [-0.05, 0) is 26.3 Å². The molecule has 0 saturated heterocycles. The van der Waals surface area contributed by atoms with Gasteiger partial charge in [-0.25, -0.2) is 0 Å². The summed E-state index contributed by atoms with van der Waals surface area (Å²) in [7, 11) is 0. The lowest BCUT2D eigenvalue weighted by Crippen LogP contribution is -2.37. The van der Waals surface area contributed by atoms with Crippen molar-refractivity contribution >= 4 is 18.3 Å². The van der Waals surface area contributed by atoms with Gasteiger partial charge in [-0.15, -0.1) is 12.4 Å². The van der Waals surface area contributed by atoms with Crippen LogP contribution in [0.5, 0.6) is 0 Å². The number of nitrogens with zero attached hydrogens (tertiary/aromatic N) is 1. The van der Waals surface area contributed by atoms with Crippen molar-refractivity contribution in [3.05, 3.63) is 11.6 Å². The molecule has 0 radical (unpaired) electrons. The van der Waals surface area contributed by atoms with E-state index in [4.69, 9.17) is 0 Å². The Labute approximate surface area is 98.3 Å². The molecule has 15 heavy (non-hydrogen) atoms. The average Bonchev–Trinajstić information content (AvgIpc) is 2.26. The van der Waals surface area contributed by atoms with E-state index >= 15 is 0 Å². The molecule has 0 aromatic carbocycles. The minimum Gasteiger partial charge on any atom is -0.339 e. The van der Waals surface area contributed by atoms with E-state index in [9.17, 15) is 4.79 Å². The van der Waals surface area contributed by atoms with Crippen LogP contribution in [0.2, 0.25) is 0 Å². The van der Waals surface area contributed by atoms with Crippen LogP contribution < -0.4 is 5.32 Å². The lowest BCUT2D eigenvalue weighted by Gasteiger charge is -2.23. The van der Waals surface area contributed by atoms with Gasteiger partial charge >= 0.3 is 0 Å². The molecular formula is C11H21ClN2O. The highest BCUT2D eigenvalue weighted by Gasteiger charge is 2.16. The van der Waals surface area contributed by atoms with Crippen molar-refractivity contribution in [3.8, 4) is 0 Å².